The van der Waals surface area contributed by atoms with Crippen molar-refractivity contribution in [3.8, 4) is 0 Å². The van der Waals surface area contributed by atoms with Crippen LogP contribution in [0.4, 0.5) is 4.79 Å². The predicted octanol–water partition coefficient (Wildman–Crippen LogP) is 2.35. The first-order chi connectivity index (χ1) is 8.40. The Hall–Kier alpha value is -0.810. The minimum absolute atomic E-state index is 0.245. The number of nitrogens with two attached hydrogens (primary N) is 1. The molecular weight excluding hydrogens is 232 g/mol. The molecule has 0 heterocycles. The second-order valence-corrected chi connectivity index (χ2v) is 6.02. The first kappa shape index (κ1) is 15.2. The lowest BCUT2D eigenvalue weighted by atomic mass is 9.84. The van der Waals surface area contributed by atoms with E-state index in [1.165, 1.54) is 0 Å². The third-order valence-corrected chi connectivity index (χ3v) is 3.21. The van der Waals surface area contributed by atoms with Crippen LogP contribution in [0.15, 0.2) is 0 Å². The molecule has 0 radical (unpaired) electrons. The normalized spacial score (nSPS) is 24.7. The number of amides is 1. The quantitative estimate of drug-likeness (QED) is 0.759. The summed E-state index contributed by atoms with van der Waals surface area (Å²) in [6, 6.07) is 0.245. The van der Waals surface area contributed by atoms with Crippen LogP contribution >= 0.6 is 0 Å². The van der Waals surface area contributed by atoms with Gasteiger partial charge in [0.25, 0.3) is 0 Å². The molecule has 0 atom stereocenters. The van der Waals surface area contributed by atoms with Gasteiger partial charge in [-0.15, -0.1) is 0 Å². The van der Waals surface area contributed by atoms with Crippen molar-refractivity contribution in [1.29, 1.82) is 0 Å². The Kier molecular flexibility index (Phi) is 5.88. The highest BCUT2D eigenvalue weighted by molar-refractivity contribution is 5.68. The van der Waals surface area contributed by atoms with Crippen molar-refractivity contribution in [2.24, 2.45) is 11.8 Å². The van der Waals surface area contributed by atoms with Crippen molar-refractivity contribution in [1.82, 2.24) is 5.32 Å². The minimum Gasteiger partial charge on any atom is -0.444 e. The standard InChI is InChI=1S/C13H26N2O3/c1-13(2,3)18-12(16)15-11-6-4-10(5-7-11)8-9-17-14/h10-11H,4-9,14H2,1-3H3,(H,15,16). The number of carbonyl (C=O) groups excluding carboxylic acids is 1. The summed E-state index contributed by atoms with van der Waals surface area (Å²) in [6.45, 7) is 6.23. The van der Waals surface area contributed by atoms with E-state index in [2.05, 4.69) is 10.2 Å². The van der Waals surface area contributed by atoms with Gasteiger partial charge >= 0.3 is 6.09 Å². The van der Waals surface area contributed by atoms with Crippen molar-refractivity contribution in [2.45, 2.75) is 64.5 Å². The van der Waals surface area contributed by atoms with Crippen molar-refractivity contribution < 1.29 is 14.4 Å². The minimum atomic E-state index is -0.431. The Morgan fingerprint density at radius 3 is 2.39 bits per heavy atom. The summed E-state index contributed by atoms with van der Waals surface area (Å²) < 4.78 is 5.25. The van der Waals surface area contributed by atoms with Gasteiger partial charge in [0.15, 0.2) is 0 Å². The van der Waals surface area contributed by atoms with E-state index in [1.54, 1.807) is 0 Å². The van der Waals surface area contributed by atoms with Crippen LogP contribution < -0.4 is 11.2 Å². The van der Waals surface area contributed by atoms with Crippen molar-refractivity contribution in [2.75, 3.05) is 6.61 Å². The fourth-order valence-corrected chi connectivity index (χ4v) is 2.30. The lowest BCUT2D eigenvalue weighted by Gasteiger charge is -2.29. The Morgan fingerprint density at radius 1 is 1.28 bits per heavy atom. The topological polar surface area (TPSA) is 73.6 Å². The maximum absolute atomic E-state index is 11.6. The molecule has 1 aliphatic rings. The average Bonchev–Trinajstić information content (AvgIpc) is 2.25. The summed E-state index contributed by atoms with van der Waals surface area (Å²) in [5, 5.41) is 2.93. The van der Waals surface area contributed by atoms with Crippen molar-refractivity contribution >= 4 is 6.09 Å². The van der Waals surface area contributed by atoms with E-state index in [0.29, 0.717) is 12.5 Å². The zero-order valence-corrected chi connectivity index (χ0v) is 11.7. The molecule has 0 spiro atoms. The van der Waals surface area contributed by atoms with Crippen LogP contribution in [0.5, 0.6) is 0 Å². The van der Waals surface area contributed by atoms with Gasteiger partial charge in [0.05, 0.1) is 6.61 Å². The van der Waals surface area contributed by atoms with E-state index < -0.39 is 5.60 Å². The van der Waals surface area contributed by atoms with Gasteiger partial charge in [-0.2, -0.15) is 0 Å². The molecule has 18 heavy (non-hydrogen) atoms. The first-order valence-electron chi connectivity index (χ1n) is 6.72. The molecule has 1 aliphatic carbocycles. The summed E-state index contributed by atoms with van der Waals surface area (Å²) in [5.74, 6) is 5.70. The van der Waals surface area contributed by atoms with E-state index in [1.807, 2.05) is 20.8 Å². The molecule has 106 valence electrons. The molecule has 5 nitrogen and oxygen atoms in total. The highest BCUT2D eigenvalue weighted by atomic mass is 16.6. The van der Waals surface area contributed by atoms with E-state index in [0.717, 1.165) is 32.1 Å². The van der Waals surface area contributed by atoms with Crippen molar-refractivity contribution in [3.63, 3.8) is 0 Å². The largest absolute Gasteiger partial charge is 0.444 e. The summed E-state index contributed by atoms with van der Waals surface area (Å²) in [5.41, 5.74) is -0.431. The molecule has 0 bridgehead atoms. The van der Waals surface area contributed by atoms with Crippen LogP contribution in [0.25, 0.3) is 0 Å². The Labute approximate surface area is 109 Å². The average molecular weight is 258 g/mol. The number of alkyl carbamates (subject to hydrolysis) is 1. The van der Waals surface area contributed by atoms with Gasteiger partial charge in [0.2, 0.25) is 0 Å². The van der Waals surface area contributed by atoms with Gasteiger partial charge in [-0.05, 0) is 58.8 Å². The van der Waals surface area contributed by atoms with E-state index in [9.17, 15) is 4.79 Å². The molecule has 0 aromatic rings. The second-order valence-electron chi connectivity index (χ2n) is 6.02. The van der Waals surface area contributed by atoms with Crippen molar-refractivity contribution in [3.05, 3.63) is 0 Å². The predicted molar refractivity (Wildman–Crippen MR) is 69.9 cm³/mol. The van der Waals surface area contributed by atoms with Crippen LogP contribution in [0.3, 0.4) is 0 Å². The number of rotatable bonds is 4. The maximum Gasteiger partial charge on any atom is 0.407 e. The Bertz CT molecular complexity index is 255. The number of ether oxygens (including phenoxy) is 1. The summed E-state index contributed by atoms with van der Waals surface area (Å²) in [4.78, 5) is 16.2. The molecule has 1 saturated carbocycles. The molecule has 1 amide bonds. The fourth-order valence-electron chi connectivity index (χ4n) is 2.30. The lowest BCUT2D eigenvalue weighted by Crippen LogP contribution is -2.41. The van der Waals surface area contributed by atoms with Gasteiger partial charge in [0.1, 0.15) is 5.60 Å². The molecule has 0 aromatic heterocycles. The van der Waals surface area contributed by atoms with Gasteiger partial charge in [-0.3, -0.25) is 0 Å². The van der Waals surface area contributed by atoms with Gasteiger partial charge in [-0.25, -0.2) is 10.7 Å². The monoisotopic (exact) mass is 258 g/mol. The molecule has 0 unspecified atom stereocenters. The van der Waals surface area contributed by atoms with Gasteiger partial charge < -0.3 is 14.9 Å². The number of carbonyl (C=O) groups is 1. The summed E-state index contributed by atoms with van der Waals surface area (Å²) in [7, 11) is 0. The SMILES string of the molecule is CC(C)(C)OC(=O)NC1CCC(CCON)CC1. The maximum atomic E-state index is 11.6. The molecule has 3 N–H and O–H groups in total. The molecule has 0 saturated heterocycles. The van der Waals surface area contributed by atoms with Gasteiger partial charge in [-0.1, -0.05) is 0 Å². The van der Waals surface area contributed by atoms with Crippen LogP contribution in [-0.4, -0.2) is 24.3 Å². The third-order valence-electron chi connectivity index (χ3n) is 3.21. The second kappa shape index (κ2) is 6.95. The van der Waals surface area contributed by atoms with Crippen LogP contribution in [-0.2, 0) is 9.57 Å². The van der Waals surface area contributed by atoms with Gasteiger partial charge in [0, 0.05) is 6.04 Å². The van der Waals surface area contributed by atoms with Crippen LogP contribution in [0, 0.1) is 5.92 Å². The lowest BCUT2D eigenvalue weighted by molar-refractivity contribution is 0.0482. The highest BCUT2D eigenvalue weighted by Crippen LogP contribution is 2.26. The fraction of sp³-hybridized carbons (Fsp3) is 0.923. The molecule has 0 aliphatic heterocycles. The smallest absolute Gasteiger partial charge is 0.407 e. The molecular formula is C13H26N2O3. The van der Waals surface area contributed by atoms with Crippen LogP contribution in [0.2, 0.25) is 0 Å². The Morgan fingerprint density at radius 2 is 1.89 bits per heavy atom. The highest BCUT2D eigenvalue weighted by Gasteiger charge is 2.24. The van der Waals surface area contributed by atoms with E-state index >= 15 is 0 Å². The number of hydrogen-bond donors (Lipinski definition) is 2. The van der Waals surface area contributed by atoms with Crippen LogP contribution in [0.1, 0.15) is 52.9 Å². The number of nitrogens with one attached hydrogen (secondary N) is 1. The molecule has 0 aromatic carbocycles. The number of hydrogen-bond acceptors (Lipinski definition) is 4. The third kappa shape index (κ3) is 6.21. The first-order valence-corrected chi connectivity index (χ1v) is 6.72. The summed E-state index contributed by atoms with van der Waals surface area (Å²) >= 11 is 0. The zero-order valence-electron chi connectivity index (χ0n) is 11.7. The molecule has 5 heteroatoms. The molecule has 1 fully saturated rings. The van der Waals surface area contributed by atoms with E-state index in [4.69, 9.17) is 10.6 Å². The summed E-state index contributed by atoms with van der Waals surface area (Å²) in [6.07, 6.45) is 4.95. The van der Waals surface area contributed by atoms with E-state index in [-0.39, 0.29) is 12.1 Å². The molecule has 1 rings (SSSR count). The zero-order chi connectivity index (χ0) is 13.6. The Balaban J connectivity index is 2.21.